The van der Waals surface area contributed by atoms with Crippen molar-refractivity contribution >= 4 is 17.4 Å². The summed E-state index contributed by atoms with van der Waals surface area (Å²) in [5.41, 5.74) is 6.53. The zero-order valence-electron chi connectivity index (χ0n) is 9.84. The van der Waals surface area contributed by atoms with Crippen LogP contribution >= 0.6 is 11.8 Å². The number of hydrogen-bond donors (Lipinski definition) is 1. The highest BCUT2D eigenvalue weighted by Crippen LogP contribution is 2.23. The average Bonchev–Trinajstić information content (AvgIpc) is 2.75. The normalized spacial score (nSPS) is 10.6. The summed E-state index contributed by atoms with van der Waals surface area (Å²) >= 11 is 1.73. The predicted molar refractivity (Wildman–Crippen MR) is 70.7 cm³/mol. The molecule has 1 aromatic carbocycles. The highest BCUT2D eigenvalue weighted by molar-refractivity contribution is 7.98. The topological polar surface area (TPSA) is 56.7 Å². The number of aromatic nitrogens is 3. The van der Waals surface area contributed by atoms with Gasteiger partial charge in [0, 0.05) is 17.1 Å². The Balaban J connectivity index is 1.99. The standard InChI is InChI=1S/C12H16N4S/c1-2-6-16-12(14-9-15-16)8-17-11-5-3-4-10(13)7-11/h3-5,7,9H,2,6,8,13H2,1H3. The van der Waals surface area contributed by atoms with Crippen LogP contribution in [0, 0.1) is 0 Å². The van der Waals surface area contributed by atoms with Crippen LogP contribution in [0.2, 0.25) is 0 Å². The van der Waals surface area contributed by atoms with Gasteiger partial charge in [0.2, 0.25) is 0 Å². The van der Waals surface area contributed by atoms with E-state index < -0.39 is 0 Å². The highest BCUT2D eigenvalue weighted by Gasteiger charge is 2.04. The molecular formula is C12H16N4S. The van der Waals surface area contributed by atoms with Gasteiger partial charge in [0.15, 0.2) is 0 Å². The quantitative estimate of drug-likeness (QED) is 0.652. The van der Waals surface area contributed by atoms with Gasteiger partial charge in [-0.3, -0.25) is 0 Å². The molecule has 2 N–H and O–H groups in total. The van der Waals surface area contributed by atoms with Gasteiger partial charge in [0.1, 0.15) is 12.2 Å². The summed E-state index contributed by atoms with van der Waals surface area (Å²) in [6.07, 6.45) is 2.68. The summed E-state index contributed by atoms with van der Waals surface area (Å²) in [4.78, 5) is 5.44. The lowest BCUT2D eigenvalue weighted by Crippen LogP contribution is -2.04. The number of aryl methyl sites for hydroxylation is 1. The lowest BCUT2D eigenvalue weighted by molar-refractivity contribution is 0.581. The number of anilines is 1. The van der Waals surface area contributed by atoms with Gasteiger partial charge in [-0.25, -0.2) is 9.67 Å². The first kappa shape index (κ1) is 12.0. The zero-order valence-corrected chi connectivity index (χ0v) is 10.7. The molecule has 1 aromatic heterocycles. The lowest BCUT2D eigenvalue weighted by atomic mass is 10.3. The van der Waals surface area contributed by atoms with Crippen molar-refractivity contribution in [2.45, 2.75) is 30.5 Å². The second-order valence-electron chi connectivity index (χ2n) is 3.76. The van der Waals surface area contributed by atoms with Gasteiger partial charge >= 0.3 is 0 Å². The maximum Gasteiger partial charge on any atom is 0.138 e. The van der Waals surface area contributed by atoms with Crippen molar-refractivity contribution in [2.24, 2.45) is 0 Å². The molecule has 17 heavy (non-hydrogen) atoms. The van der Waals surface area contributed by atoms with Crippen LogP contribution in [0.4, 0.5) is 5.69 Å². The van der Waals surface area contributed by atoms with E-state index in [0.29, 0.717) is 0 Å². The Kier molecular flexibility index (Phi) is 4.03. The third-order valence-corrected chi connectivity index (χ3v) is 3.35. The summed E-state index contributed by atoms with van der Waals surface area (Å²) in [6.45, 7) is 3.06. The van der Waals surface area contributed by atoms with Crippen molar-refractivity contribution < 1.29 is 0 Å². The molecule has 0 bridgehead atoms. The monoisotopic (exact) mass is 248 g/mol. The number of nitrogen functional groups attached to an aromatic ring is 1. The third-order valence-electron chi connectivity index (χ3n) is 2.36. The summed E-state index contributed by atoms with van der Waals surface area (Å²) in [5, 5.41) is 4.20. The van der Waals surface area contributed by atoms with Crippen molar-refractivity contribution in [3.8, 4) is 0 Å². The van der Waals surface area contributed by atoms with Crippen LogP contribution in [-0.4, -0.2) is 14.8 Å². The number of nitrogens with zero attached hydrogens (tertiary/aromatic N) is 3. The minimum Gasteiger partial charge on any atom is -0.399 e. The lowest BCUT2D eigenvalue weighted by Gasteiger charge is -2.04. The molecule has 90 valence electrons. The fourth-order valence-electron chi connectivity index (χ4n) is 1.55. The van der Waals surface area contributed by atoms with Crippen molar-refractivity contribution in [1.82, 2.24) is 14.8 Å². The van der Waals surface area contributed by atoms with E-state index in [1.54, 1.807) is 18.1 Å². The SMILES string of the molecule is CCCn1ncnc1CSc1cccc(N)c1. The van der Waals surface area contributed by atoms with Gasteiger partial charge < -0.3 is 5.73 Å². The second-order valence-corrected chi connectivity index (χ2v) is 4.81. The summed E-state index contributed by atoms with van der Waals surface area (Å²) in [6, 6.07) is 7.89. The molecule has 0 spiro atoms. The molecular weight excluding hydrogens is 232 g/mol. The van der Waals surface area contributed by atoms with Crippen LogP contribution in [0.5, 0.6) is 0 Å². The largest absolute Gasteiger partial charge is 0.399 e. The van der Waals surface area contributed by atoms with Crippen molar-refractivity contribution in [2.75, 3.05) is 5.73 Å². The molecule has 5 heteroatoms. The Morgan fingerprint density at radius 3 is 3.06 bits per heavy atom. The molecule has 1 heterocycles. The first-order chi connectivity index (χ1) is 8.29. The van der Waals surface area contributed by atoms with Gasteiger partial charge in [-0.15, -0.1) is 11.8 Å². The van der Waals surface area contributed by atoms with Gasteiger partial charge in [-0.05, 0) is 24.6 Å². The Morgan fingerprint density at radius 1 is 1.41 bits per heavy atom. The van der Waals surface area contributed by atoms with Crippen LogP contribution in [0.25, 0.3) is 0 Å². The zero-order chi connectivity index (χ0) is 12.1. The van der Waals surface area contributed by atoms with E-state index in [1.807, 2.05) is 22.9 Å². The molecule has 0 fully saturated rings. The average molecular weight is 248 g/mol. The van der Waals surface area contributed by atoms with E-state index in [1.165, 1.54) is 0 Å². The molecule has 0 aliphatic carbocycles. The fraction of sp³-hybridized carbons (Fsp3) is 0.333. The van der Waals surface area contributed by atoms with Crippen LogP contribution < -0.4 is 5.73 Å². The molecule has 0 atom stereocenters. The van der Waals surface area contributed by atoms with Gasteiger partial charge in [-0.2, -0.15) is 5.10 Å². The smallest absolute Gasteiger partial charge is 0.138 e. The van der Waals surface area contributed by atoms with Crippen LogP contribution in [0.3, 0.4) is 0 Å². The van der Waals surface area contributed by atoms with E-state index in [0.717, 1.165) is 35.1 Å². The molecule has 0 amide bonds. The minimum absolute atomic E-state index is 0.796. The first-order valence-corrected chi connectivity index (χ1v) is 6.63. The molecule has 0 saturated heterocycles. The molecule has 0 saturated carbocycles. The van der Waals surface area contributed by atoms with E-state index in [-0.39, 0.29) is 0 Å². The number of hydrogen-bond acceptors (Lipinski definition) is 4. The molecule has 4 nitrogen and oxygen atoms in total. The predicted octanol–water partition coefficient (Wildman–Crippen LogP) is 2.56. The van der Waals surface area contributed by atoms with Crippen LogP contribution in [0.1, 0.15) is 19.2 Å². The van der Waals surface area contributed by atoms with E-state index in [2.05, 4.69) is 23.1 Å². The Labute approximate surface area is 105 Å². The number of nitrogens with two attached hydrogens (primary N) is 1. The van der Waals surface area contributed by atoms with Crippen LogP contribution in [0.15, 0.2) is 35.5 Å². The molecule has 2 aromatic rings. The molecule has 0 aliphatic heterocycles. The summed E-state index contributed by atoms with van der Waals surface area (Å²) < 4.78 is 1.96. The van der Waals surface area contributed by atoms with E-state index >= 15 is 0 Å². The number of rotatable bonds is 5. The fourth-order valence-corrected chi connectivity index (χ4v) is 2.46. The molecule has 2 rings (SSSR count). The number of benzene rings is 1. The van der Waals surface area contributed by atoms with E-state index in [4.69, 9.17) is 5.73 Å². The molecule has 0 aliphatic rings. The maximum atomic E-state index is 5.74. The first-order valence-electron chi connectivity index (χ1n) is 5.64. The maximum absolute atomic E-state index is 5.74. The Bertz CT molecular complexity index is 481. The van der Waals surface area contributed by atoms with Crippen molar-refractivity contribution in [3.05, 3.63) is 36.4 Å². The Morgan fingerprint density at radius 2 is 2.29 bits per heavy atom. The second kappa shape index (κ2) is 5.72. The van der Waals surface area contributed by atoms with Crippen molar-refractivity contribution in [3.63, 3.8) is 0 Å². The third kappa shape index (κ3) is 3.23. The minimum atomic E-state index is 0.796. The highest BCUT2D eigenvalue weighted by atomic mass is 32.2. The van der Waals surface area contributed by atoms with Crippen LogP contribution in [-0.2, 0) is 12.3 Å². The van der Waals surface area contributed by atoms with Gasteiger partial charge in [0.05, 0.1) is 5.75 Å². The molecule has 0 unspecified atom stereocenters. The van der Waals surface area contributed by atoms with Crippen molar-refractivity contribution in [1.29, 1.82) is 0 Å². The van der Waals surface area contributed by atoms with E-state index in [9.17, 15) is 0 Å². The molecule has 0 radical (unpaired) electrons. The van der Waals surface area contributed by atoms with Gasteiger partial charge in [0.25, 0.3) is 0 Å². The van der Waals surface area contributed by atoms with Gasteiger partial charge in [-0.1, -0.05) is 13.0 Å². The summed E-state index contributed by atoms with van der Waals surface area (Å²) in [5.74, 6) is 1.84. The Hall–Kier alpha value is -1.49. The summed E-state index contributed by atoms with van der Waals surface area (Å²) in [7, 11) is 0. The number of thioether (sulfide) groups is 1.